The largest absolute Gasteiger partial charge is 0.481 e. The average Bonchev–Trinajstić information content (AvgIpc) is 2.45. The van der Waals surface area contributed by atoms with Gasteiger partial charge in [0.2, 0.25) is 0 Å². The molecule has 0 atom stereocenters. The summed E-state index contributed by atoms with van der Waals surface area (Å²) in [4.78, 5) is 23.9. The molecule has 0 bridgehead atoms. The molecule has 1 aliphatic heterocycles. The van der Waals surface area contributed by atoms with Crippen LogP contribution in [0.1, 0.15) is 24.9 Å². The second-order valence-electron chi connectivity index (χ2n) is 5.09. The molecule has 6 nitrogen and oxygen atoms in total. The summed E-state index contributed by atoms with van der Waals surface area (Å²) in [5.41, 5.74) is 1.07. The lowest BCUT2D eigenvalue weighted by Gasteiger charge is -2.35. The molecule has 1 fully saturated rings. The summed E-state index contributed by atoms with van der Waals surface area (Å²) in [5, 5.41) is 8.71. The predicted molar refractivity (Wildman–Crippen MR) is 77.1 cm³/mol. The maximum atomic E-state index is 10.6. The number of hydrogen-bond acceptors (Lipinski definition) is 5. The summed E-state index contributed by atoms with van der Waals surface area (Å²) in [5.74, 6) is 1.08. The van der Waals surface area contributed by atoms with Crippen LogP contribution in [0.2, 0.25) is 0 Å². The van der Waals surface area contributed by atoms with Crippen molar-refractivity contribution in [2.45, 2.75) is 26.7 Å². The van der Waals surface area contributed by atoms with Gasteiger partial charge in [0, 0.05) is 44.5 Å². The van der Waals surface area contributed by atoms with E-state index in [1.807, 2.05) is 6.92 Å². The van der Waals surface area contributed by atoms with Gasteiger partial charge in [0.05, 0.1) is 6.42 Å². The number of nitrogens with zero attached hydrogens (tertiary/aromatic N) is 4. The molecule has 20 heavy (non-hydrogen) atoms. The number of carbonyl (C=O) groups is 1. The molecule has 1 aromatic rings. The van der Waals surface area contributed by atoms with Crippen LogP contribution < -0.4 is 4.90 Å². The van der Waals surface area contributed by atoms with Crippen molar-refractivity contribution in [3.63, 3.8) is 0 Å². The Morgan fingerprint density at radius 2 is 2.00 bits per heavy atom. The lowest BCUT2D eigenvalue weighted by atomic mass is 10.2. The minimum atomic E-state index is -0.730. The Balaban J connectivity index is 1.93. The fourth-order valence-electron chi connectivity index (χ4n) is 2.41. The molecule has 110 valence electrons. The summed E-state index contributed by atoms with van der Waals surface area (Å²) < 4.78 is 0. The van der Waals surface area contributed by atoms with E-state index in [0.29, 0.717) is 6.54 Å². The summed E-state index contributed by atoms with van der Waals surface area (Å²) in [6.45, 7) is 8.20. The molecular weight excluding hydrogens is 256 g/mol. The molecule has 1 saturated heterocycles. The lowest BCUT2D eigenvalue weighted by molar-refractivity contribution is -0.137. The number of carboxylic acids is 1. The highest BCUT2D eigenvalue weighted by Gasteiger charge is 2.19. The SMILES string of the molecule is CCc1cc(N2CCN(CCC(=O)O)CC2)nc(C)n1. The normalized spacial score (nSPS) is 16.4. The maximum absolute atomic E-state index is 10.6. The van der Waals surface area contributed by atoms with Crippen LogP contribution >= 0.6 is 0 Å². The summed E-state index contributed by atoms with van der Waals surface area (Å²) in [7, 11) is 0. The topological polar surface area (TPSA) is 69.6 Å². The first-order chi connectivity index (χ1) is 9.58. The van der Waals surface area contributed by atoms with Gasteiger partial charge >= 0.3 is 5.97 Å². The standard InChI is InChI=1S/C14H22N4O2/c1-3-12-10-13(16-11(2)15-12)18-8-6-17(7-9-18)5-4-14(19)20/h10H,3-9H2,1-2H3,(H,19,20). The molecule has 1 aromatic heterocycles. The van der Waals surface area contributed by atoms with Crippen LogP contribution in [0, 0.1) is 6.92 Å². The van der Waals surface area contributed by atoms with Crippen LogP contribution in [-0.4, -0.2) is 58.7 Å². The van der Waals surface area contributed by atoms with Gasteiger partial charge in [0.15, 0.2) is 0 Å². The predicted octanol–water partition coefficient (Wildman–Crippen LogP) is 0.944. The van der Waals surface area contributed by atoms with Gasteiger partial charge in [0.1, 0.15) is 11.6 Å². The Morgan fingerprint density at radius 1 is 1.30 bits per heavy atom. The van der Waals surface area contributed by atoms with E-state index in [2.05, 4.69) is 32.8 Å². The molecular formula is C14H22N4O2. The number of hydrogen-bond donors (Lipinski definition) is 1. The zero-order valence-electron chi connectivity index (χ0n) is 12.2. The number of aromatic nitrogens is 2. The third kappa shape index (κ3) is 3.90. The van der Waals surface area contributed by atoms with Gasteiger partial charge in [-0.2, -0.15) is 0 Å². The maximum Gasteiger partial charge on any atom is 0.304 e. The highest BCUT2D eigenvalue weighted by molar-refractivity contribution is 5.66. The fourth-order valence-corrected chi connectivity index (χ4v) is 2.41. The van der Waals surface area contributed by atoms with Gasteiger partial charge in [-0.3, -0.25) is 9.69 Å². The van der Waals surface area contributed by atoms with Crippen molar-refractivity contribution >= 4 is 11.8 Å². The van der Waals surface area contributed by atoms with Crippen LogP contribution in [0.15, 0.2) is 6.07 Å². The smallest absolute Gasteiger partial charge is 0.304 e. The number of aryl methyl sites for hydroxylation is 2. The first-order valence-electron chi connectivity index (χ1n) is 7.12. The Bertz CT molecular complexity index is 470. The quantitative estimate of drug-likeness (QED) is 0.864. The fraction of sp³-hybridized carbons (Fsp3) is 0.643. The zero-order chi connectivity index (χ0) is 14.5. The number of aliphatic carboxylic acids is 1. The molecule has 2 heterocycles. The van der Waals surface area contributed by atoms with Crippen molar-refractivity contribution in [1.29, 1.82) is 0 Å². The molecule has 0 unspecified atom stereocenters. The Labute approximate surface area is 119 Å². The van der Waals surface area contributed by atoms with E-state index in [4.69, 9.17) is 5.11 Å². The van der Waals surface area contributed by atoms with E-state index in [9.17, 15) is 4.79 Å². The third-order valence-corrected chi connectivity index (χ3v) is 3.58. The summed E-state index contributed by atoms with van der Waals surface area (Å²) >= 11 is 0. The average molecular weight is 278 g/mol. The van der Waals surface area contributed by atoms with Crippen molar-refractivity contribution in [3.05, 3.63) is 17.6 Å². The molecule has 6 heteroatoms. The third-order valence-electron chi connectivity index (χ3n) is 3.58. The van der Waals surface area contributed by atoms with E-state index < -0.39 is 5.97 Å². The minimum Gasteiger partial charge on any atom is -0.481 e. The highest BCUT2D eigenvalue weighted by Crippen LogP contribution is 2.15. The van der Waals surface area contributed by atoms with Crippen molar-refractivity contribution < 1.29 is 9.90 Å². The molecule has 0 amide bonds. The van der Waals surface area contributed by atoms with Gasteiger partial charge < -0.3 is 10.0 Å². The second kappa shape index (κ2) is 6.65. The van der Waals surface area contributed by atoms with Crippen molar-refractivity contribution in [3.8, 4) is 0 Å². The summed E-state index contributed by atoms with van der Waals surface area (Å²) in [6, 6.07) is 2.06. The molecule has 0 spiro atoms. The molecule has 1 N–H and O–H groups in total. The zero-order valence-corrected chi connectivity index (χ0v) is 12.2. The first kappa shape index (κ1) is 14.7. The Kier molecular flexibility index (Phi) is 4.89. The van der Waals surface area contributed by atoms with E-state index in [1.54, 1.807) is 0 Å². The van der Waals surface area contributed by atoms with E-state index in [-0.39, 0.29) is 6.42 Å². The first-order valence-corrected chi connectivity index (χ1v) is 7.12. The molecule has 1 aliphatic rings. The van der Waals surface area contributed by atoms with Gasteiger partial charge in [-0.1, -0.05) is 6.92 Å². The second-order valence-corrected chi connectivity index (χ2v) is 5.09. The highest BCUT2D eigenvalue weighted by atomic mass is 16.4. The molecule has 0 saturated carbocycles. The molecule has 0 aromatic carbocycles. The van der Waals surface area contributed by atoms with Gasteiger partial charge in [-0.25, -0.2) is 9.97 Å². The van der Waals surface area contributed by atoms with Crippen molar-refractivity contribution in [2.75, 3.05) is 37.6 Å². The van der Waals surface area contributed by atoms with Gasteiger partial charge in [-0.05, 0) is 13.3 Å². The van der Waals surface area contributed by atoms with Gasteiger partial charge in [-0.15, -0.1) is 0 Å². The minimum absolute atomic E-state index is 0.215. The van der Waals surface area contributed by atoms with E-state index in [1.165, 1.54) is 0 Å². The van der Waals surface area contributed by atoms with Crippen LogP contribution in [0.3, 0.4) is 0 Å². The van der Waals surface area contributed by atoms with Crippen molar-refractivity contribution in [1.82, 2.24) is 14.9 Å². The van der Waals surface area contributed by atoms with Gasteiger partial charge in [0.25, 0.3) is 0 Å². The number of rotatable bonds is 5. The molecule has 0 aliphatic carbocycles. The Morgan fingerprint density at radius 3 is 2.60 bits per heavy atom. The lowest BCUT2D eigenvalue weighted by Crippen LogP contribution is -2.47. The van der Waals surface area contributed by atoms with Crippen LogP contribution in [0.25, 0.3) is 0 Å². The monoisotopic (exact) mass is 278 g/mol. The Hall–Kier alpha value is -1.69. The number of anilines is 1. The molecule has 0 radical (unpaired) electrons. The van der Waals surface area contributed by atoms with Crippen LogP contribution in [0.5, 0.6) is 0 Å². The van der Waals surface area contributed by atoms with Crippen molar-refractivity contribution in [2.24, 2.45) is 0 Å². The van der Waals surface area contributed by atoms with Crippen LogP contribution in [0.4, 0.5) is 5.82 Å². The number of carboxylic acid groups (broad SMARTS) is 1. The van der Waals surface area contributed by atoms with E-state index >= 15 is 0 Å². The van der Waals surface area contributed by atoms with Crippen LogP contribution in [-0.2, 0) is 11.2 Å². The summed E-state index contributed by atoms with van der Waals surface area (Å²) in [6.07, 6.45) is 1.13. The van der Waals surface area contributed by atoms with E-state index in [0.717, 1.165) is 49.9 Å². The number of piperazine rings is 1. The molecule has 2 rings (SSSR count).